The van der Waals surface area contributed by atoms with E-state index in [-0.39, 0.29) is 12.4 Å². The first-order valence-electron chi connectivity index (χ1n) is 11.2. The topological polar surface area (TPSA) is 202 Å². The molecule has 0 aromatic carbocycles. The number of nitrogens with one attached hydrogen (secondary N) is 1. The van der Waals surface area contributed by atoms with Crippen LogP contribution in [0, 0.1) is 0 Å². The summed E-state index contributed by atoms with van der Waals surface area (Å²) < 4.78 is 36.0. The van der Waals surface area contributed by atoms with Crippen LogP contribution in [0.1, 0.15) is 45.8 Å². The SMILES string of the molecule is CC1(C)O[C@@H]2[C@H](O1)[C@@H](n1c(NCCCCCCN)nc3c(N)ncnc31)O[C@H]2COP(=O)(O)O. The van der Waals surface area contributed by atoms with E-state index in [1.54, 1.807) is 18.4 Å². The van der Waals surface area contributed by atoms with Gasteiger partial charge in [0.1, 0.15) is 24.6 Å². The predicted octanol–water partition coefficient (Wildman–Crippen LogP) is 0.866. The number of hydrogen-bond donors (Lipinski definition) is 5. The zero-order valence-corrected chi connectivity index (χ0v) is 20.1. The van der Waals surface area contributed by atoms with E-state index < -0.39 is 38.1 Å². The molecule has 15 heteroatoms. The van der Waals surface area contributed by atoms with Crippen LogP contribution in [0.4, 0.5) is 11.8 Å². The van der Waals surface area contributed by atoms with Gasteiger partial charge in [0.2, 0.25) is 5.95 Å². The van der Waals surface area contributed by atoms with E-state index in [9.17, 15) is 4.57 Å². The van der Waals surface area contributed by atoms with Crippen LogP contribution in [-0.4, -0.2) is 73.1 Å². The summed E-state index contributed by atoms with van der Waals surface area (Å²) >= 11 is 0. The third-order valence-electron chi connectivity index (χ3n) is 5.71. The number of nitrogens with two attached hydrogens (primary N) is 2. The van der Waals surface area contributed by atoms with Crippen molar-refractivity contribution in [2.24, 2.45) is 5.73 Å². The predicted molar refractivity (Wildman–Crippen MR) is 121 cm³/mol. The van der Waals surface area contributed by atoms with Gasteiger partial charge in [0.15, 0.2) is 29.0 Å². The fourth-order valence-electron chi connectivity index (χ4n) is 4.29. The number of fused-ring (bicyclic) bond motifs is 2. The van der Waals surface area contributed by atoms with E-state index in [1.807, 2.05) is 0 Å². The Hall–Kier alpha value is -1.90. The quantitative estimate of drug-likeness (QED) is 0.214. The summed E-state index contributed by atoms with van der Waals surface area (Å²) in [6.45, 7) is 4.46. The van der Waals surface area contributed by atoms with E-state index in [0.29, 0.717) is 30.2 Å². The largest absolute Gasteiger partial charge is 0.469 e. The number of ether oxygens (including phenoxy) is 3. The van der Waals surface area contributed by atoms with Crippen LogP contribution in [-0.2, 0) is 23.3 Å². The normalized spacial score (nSPS) is 26.3. The van der Waals surface area contributed by atoms with Gasteiger partial charge in [0.25, 0.3) is 0 Å². The molecule has 0 aliphatic carbocycles. The zero-order valence-electron chi connectivity index (χ0n) is 19.2. The third-order valence-corrected chi connectivity index (χ3v) is 6.19. The van der Waals surface area contributed by atoms with Gasteiger partial charge < -0.3 is 40.8 Å². The van der Waals surface area contributed by atoms with Gasteiger partial charge >= 0.3 is 7.82 Å². The van der Waals surface area contributed by atoms with Crippen molar-refractivity contribution in [3.05, 3.63) is 6.33 Å². The van der Waals surface area contributed by atoms with Gasteiger partial charge in [-0.25, -0.2) is 19.5 Å². The molecule has 2 aromatic heterocycles. The number of phosphoric ester groups is 1. The molecule has 0 unspecified atom stereocenters. The van der Waals surface area contributed by atoms with Crippen LogP contribution in [0.2, 0.25) is 0 Å². The van der Waals surface area contributed by atoms with Crippen LogP contribution in [0.3, 0.4) is 0 Å². The molecule has 4 atom stereocenters. The zero-order chi connectivity index (χ0) is 24.5. The smallest absolute Gasteiger partial charge is 0.382 e. The molecule has 2 aliphatic heterocycles. The monoisotopic (exact) mass is 501 g/mol. The van der Waals surface area contributed by atoms with Gasteiger partial charge in [0, 0.05) is 6.54 Å². The number of imidazole rings is 1. The van der Waals surface area contributed by atoms with Crippen LogP contribution in [0.15, 0.2) is 6.33 Å². The molecule has 2 saturated heterocycles. The first kappa shape index (κ1) is 25.2. The molecular weight excluding hydrogens is 469 g/mol. The fourth-order valence-corrected chi connectivity index (χ4v) is 4.63. The molecule has 7 N–H and O–H groups in total. The molecule has 0 radical (unpaired) electrons. The van der Waals surface area contributed by atoms with Crippen molar-refractivity contribution in [3.8, 4) is 0 Å². The number of rotatable bonds is 11. The Morgan fingerprint density at radius 3 is 2.68 bits per heavy atom. The Morgan fingerprint density at radius 1 is 1.21 bits per heavy atom. The second-order valence-corrected chi connectivity index (χ2v) is 10.0. The molecule has 2 aliphatic rings. The summed E-state index contributed by atoms with van der Waals surface area (Å²) in [5.74, 6) is -0.247. The van der Waals surface area contributed by atoms with Crippen molar-refractivity contribution in [1.29, 1.82) is 0 Å². The lowest BCUT2D eigenvalue weighted by molar-refractivity contribution is -0.199. The highest BCUT2D eigenvalue weighted by atomic mass is 31.2. The first-order valence-corrected chi connectivity index (χ1v) is 12.8. The van der Waals surface area contributed by atoms with Crippen LogP contribution >= 0.6 is 7.82 Å². The summed E-state index contributed by atoms with van der Waals surface area (Å²) in [5, 5.41) is 3.32. The summed E-state index contributed by atoms with van der Waals surface area (Å²) in [6.07, 6.45) is 2.48. The van der Waals surface area contributed by atoms with Crippen LogP contribution < -0.4 is 16.8 Å². The van der Waals surface area contributed by atoms with Crippen molar-refractivity contribution in [3.63, 3.8) is 0 Å². The Labute approximate surface area is 196 Å². The second kappa shape index (κ2) is 9.99. The summed E-state index contributed by atoms with van der Waals surface area (Å²) in [5.41, 5.74) is 12.4. The molecule has 0 spiro atoms. The van der Waals surface area contributed by atoms with Gasteiger partial charge in [-0.15, -0.1) is 0 Å². The van der Waals surface area contributed by atoms with Gasteiger partial charge in [-0.3, -0.25) is 9.09 Å². The Balaban J connectivity index is 1.62. The molecule has 4 heterocycles. The summed E-state index contributed by atoms with van der Waals surface area (Å²) in [7, 11) is -4.70. The van der Waals surface area contributed by atoms with Gasteiger partial charge in [0.05, 0.1) is 6.61 Å². The molecule has 14 nitrogen and oxygen atoms in total. The minimum atomic E-state index is -4.70. The van der Waals surface area contributed by atoms with E-state index in [1.165, 1.54) is 6.33 Å². The molecule has 0 bridgehead atoms. The number of phosphoric acid groups is 1. The number of nitrogens with zero attached hydrogens (tertiary/aromatic N) is 4. The maximum atomic E-state index is 11.3. The summed E-state index contributed by atoms with van der Waals surface area (Å²) in [4.78, 5) is 31.3. The number of hydrogen-bond acceptors (Lipinski definition) is 11. The number of anilines is 2. The highest BCUT2D eigenvalue weighted by Crippen LogP contribution is 2.46. The number of nitrogen functional groups attached to an aromatic ring is 1. The van der Waals surface area contributed by atoms with Crippen molar-refractivity contribution < 1.29 is 33.1 Å². The van der Waals surface area contributed by atoms with Crippen LogP contribution in [0.5, 0.6) is 0 Å². The van der Waals surface area contributed by atoms with Crippen molar-refractivity contribution in [2.75, 3.05) is 30.7 Å². The molecule has 2 fully saturated rings. The molecule has 4 rings (SSSR count). The fraction of sp³-hybridized carbons (Fsp3) is 0.737. The van der Waals surface area contributed by atoms with E-state index >= 15 is 0 Å². The van der Waals surface area contributed by atoms with Crippen molar-refractivity contribution in [1.82, 2.24) is 19.5 Å². The molecule has 2 aromatic rings. The van der Waals surface area contributed by atoms with Gasteiger partial charge in [-0.2, -0.15) is 0 Å². The maximum Gasteiger partial charge on any atom is 0.469 e. The van der Waals surface area contributed by atoms with Gasteiger partial charge in [-0.1, -0.05) is 12.8 Å². The second-order valence-electron chi connectivity index (χ2n) is 8.78. The highest BCUT2D eigenvalue weighted by Gasteiger charge is 2.57. The average molecular weight is 501 g/mol. The van der Waals surface area contributed by atoms with Crippen molar-refractivity contribution >= 4 is 30.8 Å². The third kappa shape index (κ3) is 5.50. The first-order chi connectivity index (χ1) is 16.1. The molecule has 0 amide bonds. The minimum Gasteiger partial charge on any atom is -0.382 e. The Morgan fingerprint density at radius 2 is 1.94 bits per heavy atom. The average Bonchev–Trinajstić information content (AvgIpc) is 3.37. The molecule has 0 saturated carbocycles. The van der Waals surface area contributed by atoms with E-state index in [0.717, 1.165) is 25.7 Å². The number of unbranched alkanes of at least 4 members (excludes halogenated alkanes) is 3. The van der Waals surface area contributed by atoms with Crippen LogP contribution in [0.25, 0.3) is 11.2 Å². The summed E-state index contributed by atoms with van der Waals surface area (Å²) in [6, 6.07) is 0. The van der Waals surface area contributed by atoms with E-state index in [2.05, 4.69) is 20.3 Å². The van der Waals surface area contributed by atoms with Crippen molar-refractivity contribution in [2.45, 2.75) is 69.9 Å². The number of aromatic nitrogens is 4. The molecule has 190 valence electrons. The molecular formula is C19H32N7O7P. The molecule has 34 heavy (non-hydrogen) atoms. The Bertz CT molecular complexity index is 1050. The lowest BCUT2D eigenvalue weighted by atomic mass is 10.1. The van der Waals surface area contributed by atoms with E-state index in [4.69, 9.17) is 40.0 Å². The Kier molecular flexibility index (Phi) is 7.41. The highest BCUT2D eigenvalue weighted by molar-refractivity contribution is 7.46. The lowest BCUT2D eigenvalue weighted by Gasteiger charge is -2.25. The van der Waals surface area contributed by atoms with Gasteiger partial charge in [-0.05, 0) is 33.2 Å². The lowest BCUT2D eigenvalue weighted by Crippen LogP contribution is -2.32. The maximum absolute atomic E-state index is 11.3. The minimum absolute atomic E-state index is 0.217. The standard InChI is InChI=1S/C19H32N7O7P/c1-19(2)32-13-11(9-30-34(27,28)29)31-17(14(13)33-19)26-16-12(15(21)23-10-24-16)25-18(26)22-8-6-4-3-5-7-20/h10-11,13-14,17H,3-9,20H2,1-2H3,(H,22,25)(H2,21,23,24)(H2,27,28,29)/t11-,13-,14-,17-/m0/s1.